The molecule has 0 spiro atoms. The molecule has 2 aromatic heterocycles. The Morgan fingerprint density at radius 1 is 1.23 bits per heavy atom. The molecule has 0 aliphatic rings. The van der Waals surface area contributed by atoms with Crippen LogP contribution in [0.4, 0.5) is 4.39 Å². The molecule has 1 atom stereocenters. The van der Waals surface area contributed by atoms with E-state index in [0.29, 0.717) is 0 Å². The smallest absolute Gasteiger partial charge is 0.244 e. The number of halogens is 1. The van der Waals surface area contributed by atoms with Crippen molar-refractivity contribution < 1.29 is 22.7 Å². The van der Waals surface area contributed by atoms with Crippen LogP contribution in [-0.4, -0.2) is 20.6 Å². The minimum atomic E-state index is -3.95. The number of ether oxygens (including phenoxy) is 1. The summed E-state index contributed by atoms with van der Waals surface area (Å²) in [6, 6.07) is 10.5. The summed E-state index contributed by atoms with van der Waals surface area (Å²) < 4.78 is 45.8. The molecule has 2 N–H and O–H groups in total. The number of thiophene rings is 2. The summed E-state index contributed by atoms with van der Waals surface area (Å²) in [5.74, 6) is -0.595. The molecular weight excluding hydrogens is 397 g/mol. The van der Waals surface area contributed by atoms with Gasteiger partial charge < -0.3 is 9.84 Å². The Hall–Kier alpha value is -1.78. The van der Waals surface area contributed by atoms with Crippen molar-refractivity contribution in [3.63, 3.8) is 0 Å². The van der Waals surface area contributed by atoms with Crippen LogP contribution >= 0.6 is 22.7 Å². The lowest BCUT2D eigenvalue weighted by atomic mass is 10.2. The Morgan fingerprint density at radius 3 is 2.73 bits per heavy atom. The second kappa shape index (κ2) is 7.85. The number of aliphatic hydroxyl groups is 1. The van der Waals surface area contributed by atoms with E-state index in [2.05, 4.69) is 4.72 Å². The van der Waals surface area contributed by atoms with E-state index in [1.807, 2.05) is 17.5 Å². The fraction of sp³-hybridized carbons (Fsp3) is 0.176. The summed E-state index contributed by atoms with van der Waals surface area (Å²) in [5.41, 5.74) is 0. The minimum Gasteiger partial charge on any atom is -0.495 e. The molecule has 3 aromatic rings. The third-order valence-corrected chi connectivity index (χ3v) is 7.10. The Balaban J connectivity index is 1.74. The van der Waals surface area contributed by atoms with Crippen LogP contribution in [0.3, 0.4) is 0 Å². The molecule has 5 nitrogen and oxygen atoms in total. The lowest BCUT2D eigenvalue weighted by Crippen LogP contribution is -2.23. The van der Waals surface area contributed by atoms with E-state index in [1.165, 1.54) is 35.8 Å². The third kappa shape index (κ3) is 4.13. The molecule has 3 rings (SSSR count). The first-order valence-electron chi connectivity index (χ1n) is 7.54. The van der Waals surface area contributed by atoms with Gasteiger partial charge in [-0.25, -0.2) is 17.5 Å². The highest BCUT2D eigenvalue weighted by Gasteiger charge is 2.21. The molecule has 0 radical (unpaired) electrons. The van der Waals surface area contributed by atoms with Gasteiger partial charge in [-0.3, -0.25) is 0 Å². The zero-order valence-corrected chi connectivity index (χ0v) is 16.1. The van der Waals surface area contributed by atoms with E-state index in [4.69, 9.17) is 4.74 Å². The van der Waals surface area contributed by atoms with Crippen LogP contribution < -0.4 is 9.46 Å². The molecule has 0 amide bonds. The second-order valence-corrected chi connectivity index (χ2v) is 9.26. The first kappa shape index (κ1) is 19.0. The maximum absolute atomic E-state index is 13.4. The Kier molecular flexibility index (Phi) is 5.73. The van der Waals surface area contributed by atoms with Gasteiger partial charge in [-0.2, -0.15) is 0 Å². The first-order valence-corrected chi connectivity index (χ1v) is 10.7. The normalized spacial score (nSPS) is 12.9. The number of rotatable bonds is 7. The number of sulfonamides is 1. The molecule has 0 saturated carbocycles. The van der Waals surface area contributed by atoms with Gasteiger partial charge in [-0.05, 0) is 41.8 Å². The number of hydrogen-bond acceptors (Lipinski definition) is 6. The monoisotopic (exact) mass is 413 g/mol. The Labute approximate surface area is 158 Å². The van der Waals surface area contributed by atoms with Crippen LogP contribution in [0.2, 0.25) is 0 Å². The predicted molar refractivity (Wildman–Crippen MR) is 99.7 cm³/mol. The number of aliphatic hydroxyl groups excluding tert-OH is 1. The van der Waals surface area contributed by atoms with Crippen LogP contribution in [0.15, 0.2) is 52.7 Å². The lowest BCUT2D eigenvalue weighted by molar-refractivity contribution is 0.228. The van der Waals surface area contributed by atoms with E-state index in [1.54, 1.807) is 12.1 Å². The van der Waals surface area contributed by atoms with E-state index in [9.17, 15) is 17.9 Å². The zero-order valence-electron chi connectivity index (χ0n) is 13.7. The fourth-order valence-corrected chi connectivity index (χ4v) is 5.36. The highest BCUT2D eigenvalue weighted by molar-refractivity contribution is 7.89. The molecule has 9 heteroatoms. The van der Waals surface area contributed by atoms with Crippen LogP contribution in [0.25, 0.3) is 0 Å². The van der Waals surface area contributed by atoms with E-state index >= 15 is 0 Å². The molecule has 26 heavy (non-hydrogen) atoms. The average Bonchev–Trinajstić information content (AvgIpc) is 3.31. The highest BCUT2D eigenvalue weighted by atomic mass is 32.2. The van der Waals surface area contributed by atoms with Crippen molar-refractivity contribution in [1.29, 1.82) is 0 Å². The first-order chi connectivity index (χ1) is 12.4. The fourth-order valence-electron chi connectivity index (χ4n) is 2.33. The van der Waals surface area contributed by atoms with Crippen molar-refractivity contribution in [2.75, 3.05) is 7.11 Å². The Bertz CT molecular complexity index is 983. The topological polar surface area (TPSA) is 75.6 Å². The van der Waals surface area contributed by atoms with Gasteiger partial charge in [0, 0.05) is 21.2 Å². The van der Waals surface area contributed by atoms with Crippen molar-refractivity contribution in [2.24, 2.45) is 0 Å². The average molecular weight is 414 g/mol. The maximum atomic E-state index is 13.4. The van der Waals surface area contributed by atoms with Crippen molar-refractivity contribution >= 4 is 32.7 Å². The zero-order chi connectivity index (χ0) is 18.7. The predicted octanol–water partition coefficient (Wildman–Crippen LogP) is 3.52. The molecule has 0 aliphatic carbocycles. The van der Waals surface area contributed by atoms with E-state index in [-0.39, 0.29) is 17.2 Å². The van der Waals surface area contributed by atoms with Gasteiger partial charge in [-0.15, -0.1) is 22.7 Å². The highest BCUT2D eigenvalue weighted by Crippen LogP contribution is 2.31. The van der Waals surface area contributed by atoms with Gasteiger partial charge in [0.25, 0.3) is 0 Å². The molecule has 138 valence electrons. The van der Waals surface area contributed by atoms with Gasteiger partial charge in [0.2, 0.25) is 10.0 Å². The minimum absolute atomic E-state index is 0.0316. The molecule has 0 aliphatic heterocycles. The summed E-state index contributed by atoms with van der Waals surface area (Å²) in [4.78, 5) is 2.03. The van der Waals surface area contributed by atoms with Gasteiger partial charge in [-0.1, -0.05) is 6.07 Å². The SMILES string of the molecule is COc1ccc(F)cc1S(=O)(=O)NCc1ccc([C@H](O)c2cccs2)s1. The molecule has 0 unspecified atom stereocenters. The van der Waals surface area contributed by atoms with Gasteiger partial charge in [0.15, 0.2) is 0 Å². The van der Waals surface area contributed by atoms with Gasteiger partial charge in [0.05, 0.1) is 7.11 Å². The van der Waals surface area contributed by atoms with Crippen molar-refractivity contribution in [3.8, 4) is 5.75 Å². The number of methoxy groups -OCH3 is 1. The summed E-state index contributed by atoms with van der Waals surface area (Å²) in [5, 5.41) is 12.2. The maximum Gasteiger partial charge on any atom is 0.244 e. The summed E-state index contributed by atoms with van der Waals surface area (Å²) in [7, 11) is -2.62. The molecule has 0 saturated heterocycles. The number of hydrogen-bond donors (Lipinski definition) is 2. The van der Waals surface area contributed by atoms with Crippen LogP contribution in [0, 0.1) is 5.82 Å². The lowest BCUT2D eigenvalue weighted by Gasteiger charge is -2.10. The van der Waals surface area contributed by atoms with Crippen molar-refractivity contribution in [2.45, 2.75) is 17.5 Å². The summed E-state index contributed by atoms with van der Waals surface area (Å²) in [6.45, 7) is 0.0316. The summed E-state index contributed by atoms with van der Waals surface area (Å²) in [6.07, 6.45) is -0.728. The van der Waals surface area contributed by atoms with Gasteiger partial charge in [0.1, 0.15) is 22.6 Å². The van der Waals surface area contributed by atoms with Crippen LogP contribution in [0.5, 0.6) is 5.75 Å². The molecule has 0 fully saturated rings. The molecule has 0 bridgehead atoms. The van der Waals surface area contributed by atoms with Gasteiger partial charge >= 0.3 is 0 Å². The standard InChI is InChI=1S/C17H16FNO4S3/c1-23-13-6-4-11(18)9-16(13)26(21,22)19-10-12-5-7-15(25-12)17(20)14-3-2-8-24-14/h2-9,17,19-20H,10H2,1H3/t17-/m1/s1. The molecule has 1 aromatic carbocycles. The Morgan fingerprint density at radius 2 is 2.04 bits per heavy atom. The van der Waals surface area contributed by atoms with Crippen molar-refractivity contribution in [3.05, 3.63) is 68.3 Å². The van der Waals surface area contributed by atoms with Crippen molar-refractivity contribution in [1.82, 2.24) is 4.72 Å². The quantitative estimate of drug-likeness (QED) is 0.621. The van der Waals surface area contributed by atoms with Crippen LogP contribution in [-0.2, 0) is 16.6 Å². The van der Waals surface area contributed by atoms with E-state index in [0.717, 1.165) is 26.8 Å². The largest absolute Gasteiger partial charge is 0.495 e. The second-order valence-electron chi connectivity index (χ2n) is 5.34. The summed E-state index contributed by atoms with van der Waals surface area (Å²) >= 11 is 2.76. The number of benzene rings is 1. The number of nitrogens with one attached hydrogen (secondary N) is 1. The van der Waals surface area contributed by atoms with E-state index < -0.39 is 21.9 Å². The molecular formula is C17H16FNO4S3. The van der Waals surface area contributed by atoms with Crippen LogP contribution in [0.1, 0.15) is 20.7 Å². The molecule has 2 heterocycles. The third-order valence-electron chi connectivity index (χ3n) is 3.62.